The highest BCUT2D eigenvalue weighted by Gasteiger charge is 2.51. The number of carbonyl (C=O) groups is 1. The quantitative estimate of drug-likeness (QED) is 0.206. The maximum Gasteiger partial charge on any atom is 0.342 e. The zero-order valence-electron chi connectivity index (χ0n) is 25.9. The fourth-order valence-corrected chi connectivity index (χ4v) is 8.76. The second-order valence-electron chi connectivity index (χ2n) is 13.4. The van der Waals surface area contributed by atoms with Gasteiger partial charge in [-0.15, -0.1) is 10.2 Å². The Bertz CT molecular complexity index is 1880. The van der Waals surface area contributed by atoms with Gasteiger partial charge in [0.15, 0.2) is 11.5 Å². The highest BCUT2D eigenvalue weighted by molar-refractivity contribution is 6.03. The van der Waals surface area contributed by atoms with Gasteiger partial charge in [0.05, 0.1) is 30.9 Å². The van der Waals surface area contributed by atoms with Crippen LogP contribution in [0.25, 0.3) is 28.2 Å². The van der Waals surface area contributed by atoms with Crippen LogP contribution in [-0.2, 0) is 11.3 Å². The van der Waals surface area contributed by atoms with Crippen molar-refractivity contribution >= 4 is 23.3 Å². The summed E-state index contributed by atoms with van der Waals surface area (Å²) in [6.07, 6.45) is 18.7. The van der Waals surface area contributed by atoms with Crippen molar-refractivity contribution in [1.82, 2.24) is 39.3 Å². The number of hydrogen-bond donors (Lipinski definition) is 1. The van der Waals surface area contributed by atoms with Gasteiger partial charge < -0.3 is 10.1 Å². The minimum Gasteiger partial charge on any atom is -0.462 e. The van der Waals surface area contributed by atoms with Crippen LogP contribution in [-0.4, -0.2) is 51.9 Å². The summed E-state index contributed by atoms with van der Waals surface area (Å²) in [5, 5.41) is 16.9. The average molecular weight is 604 g/mol. The fraction of sp³-hybridized carbons (Fsp3) is 0.441. The van der Waals surface area contributed by atoms with E-state index in [0.29, 0.717) is 34.0 Å². The van der Waals surface area contributed by atoms with E-state index < -0.39 is 5.97 Å². The largest absolute Gasteiger partial charge is 0.462 e. The summed E-state index contributed by atoms with van der Waals surface area (Å²) in [4.78, 5) is 26.6. The van der Waals surface area contributed by atoms with E-state index in [0.717, 1.165) is 52.4 Å². The van der Waals surface area contributed by atoms with E-state index >= 15 is 0 Å². The van der Waals surface area contributed by atoms with Crippen LogP contribution >= 0.6 is 0 Å². The van der Waals surface area contributed by atoms with E-state index in [1.165, 1.54) is 38.5 Å². The van der Waals surface area contributed by atoms with Gasteiger partial charge in [-0.2, -0.15) is 5.10 Å². The standard InChI is InChI=1S/C34H37N9O2/c1-4-45-33(44)30-25(26-16-38-43(21(26)3)19-34-13-22-10-23(14-34)12-24(11-22)15-34)5-8-42-28(17-37-32(30)42)27-9-20(2)31(41-40-27)39-29-18-35-6-7-36-29/h5-9,16-18,22-24H,4,10-15,19H2,1-3H3,(H,36,39,41). The number of anilines is 2. The molecule has 4 aliphatic rings. The molecule has 1 N–H and O–H groups in total. The molecule has 45 heavy (non-hydrogen) atoms. The highest BCUT2D eigenvalue weighted by Crippen LogP contribution is 2.60. The number of rotatable bonds is 8. The molecule has 5 aromatic rings. The van der Waals surface area contributed by atoms with Crippen LogP contribution < -0.4 is 5.32 Å². The lowest BCUT2D eigenvalue weighted by atomic mass is 9.49. The Balaban J connectivity index is 1.14. The zero-order valence-corrected chi connectivity index (χ0v) is 25.9. The number of nitrogens with one attached hydrogen (secondary N) is 1. The molecular weight excluding hydrogens is 566 g/mol. The first kappa shape index (κ1) is 27.8. The third-order valence-corrected chi connectivity index (χ3v) is 10.3. The molecule has 0 radical (unpaired) electrons. The molecule has 5 heterocycles. The van der Waals surface area contributed by atoms with E-state index in [1.807, 2.05) is 42.8 Å². The number of pyridine rings is 1. The molecule has 4 aliphatic carbocycles. The topological polar surface area (TPSA) is 125 Å². The summed E-state index contributed by atoms with van der Waals surface area (Å²) >= 11 is 0. The van der Waals surface area contributed by atoms with Crippen molar-refractivity contribution in [2.45, 2.75) is 65.8 Å². The van der Waals surface area contributed by atoms with Gasteiger partial charge in [0.2, 0.25) is 0 Å². The van der Waals surface area contributed by atoms with Gasteiger partial charge in [-0.05, 0) is 100 Å². The normalized spacial score (nSPS) is 23.5. The number of ether oxygens (including phenoxy) is 1. The van der Waals surface area contributed by atoms with Gasteiger partial charge in [0.1, 0.15) is 17.1 Å². The molecule has 9 rings (SSSR count). The first-order valence-electron chi connectivity index (χ1n) is 16.0. The Morgan fingerprint density at radius 1 is 1.00 bits per heavy atom. The lowest BCUT2D eigenvalue weighted by Crippen LogP contribution is -2.48. The molecular formula is C34H37N9O2. The molecule has 0 spiro atoms. The maximum absolute atomic E-state index is 13.5. The molecule has 4 fully saturated rings. The molecule has 5 aromatic heterocycles. The SMILES string of the molecule is CCOC(=O)c1c(-c2cnn(CC34CC5CC(CC(C5)C3)C4)c2C)ccn2c(-c3cc(C)c(Nc4cnccn4)nn3)cnc12. The molecule has 4 bridgehead atoms. The van der Waals surface area contributed by atoms with Crippen LogP contribution in [0.3, 0.4) is 0 Å². The van der Waals surface area contributed by atoms with Gasteiger partial charge >= 0.3 is 5.97 Å². The monoisotopic (exact) mass is 603 g/mol. The third-order valence-electron chi connectivity index (χ3n) is 10.3. The minimum absolute atomic E-state index is 0.266. The summed E-state index contributed by atoms with van der Waals surface area (Å²) in [7, 11) is 0. The van der Waals surface area contributed by atoms with Crippen molar-refractivity contribution in [2.24, 2.45) is 23.2 Å². The highest BCUT2D eigenvalue weighted by atomic mass is 16.5. The van der Waals surface area contributed by atoms with Crippen LogP contribution in [0.1, 0.15) is 67.1 Å². The smallest absolute Gasteiger partial charge is 0.342 e. The Morgan fingerprint density at radius 3 is 2.47 bits per heavy atom. The van der Waals surface area contributed by atoms with Crippen LogP contribution in [0.5, 0.6) is 0 Å². The lowest BCUT2D eigenvalue weighted by Gasteiger charge is -2.56. The van der Waals surface area contributed by atoms with Crippen LogP contribution in [0, 0.1) is 37.0 Å². The molecule has 0 saturated heterocycles. The van der Waals surface area contributed by atoms with Crippen LogP contribution in [0.2, 0.25) is 0 Å². The second kappa shape index (κ2) is 10.7. The zero-order chi connectivity index (χ0) is 30.7. The van der Waals surface area contributed by atoms with E-state index in [9.17, 15) is 4.79 Å². The average Bonchev–Trinajstić information content (AvgIpc) is 3.60. The van der Waals surface area contributed by atoms with Gasteiger partial charge in [-0.25, -0.2) is 14.8 Å². The fourth-order valence-electron chi connectivity index (χ4n) is 8.76. The number of imidazole rings is 1. The summed E-state index contributed by atoms with van der Waals surface area (Å²) in [6.45, 7) is 7.10. The summed E-state index contributed by atoms with van der Waals surface area (Å²) in [6, 6.07) is 3.90. The first-order valence-corrected chi connectivity index (χ1v) is 16.0. The summed E-state index contributed by atoms with van der Waals surface area (Å²) in [5.74, 6) is 3.42. The number of fused-ring (bicyclic) bond motifs is 1. The van der Waals surface area contributed by atoms with E-state index in [1.54, 1.807) is 24.8 Å². The number of carbonyl (C=O) groups excluding carboxylic acids is 1. The molecule has 11 nitrogen and oxygen atoms in total. The van der Waals surface area contributed by atoms with Gasteiger partial charge in [0.25, 0.3) is 0 Å². The van der Waals surface area contributed by atoms with E-state index in [-0.39, 0.29) is 6.61 Å². The molecule has 0 amide bonds. The van der Waals surface area contributed by atoms with E-state index in [4.69, 9.17) is 14.8 Å². The van der Waals surface area contributed by atoms with Crippen molar-refractivity contribution in [1.29, 1.82) is 0 Å². The molecule has 0 aliphatic heterocycles. The predicted molar refractivity (Wildman–Crippen MR) is 169 cm³/mol. The van der Waals surface area contributed by atoms with Crippen molar-refractivity contribution in [3.05, 3.63) is 66.1 Å². The number of aromatic nitrogens is 8. The Hall–Kier alpha value is -4.67. The van der Waals surface area contributed by atoms with Gasteiger partial charge in [0, 0.05) is 42.0 Å². The molecule has 11 heteroatoms. The maximum atomic E-state index is 13.5. The number of hydrogen-bond acceptors (Lipinski definition) is 9. The Kier molecular flexibility index (Phi) is 6.65. The second-order valence-corrected chi connectivity index (χ2v) is 13.4. The number of nitrogens with zero attached hydrogens (tertiary/aromatic N) is 8. The van der Waals surface area contributed by atoms with Crippen molar-refractivity contribution in [3.8, 4) is 22.5 Å². The van der Waals surface area contributed by atoms with Crippen molar-refractivity contribution in [3.63, 3.8) is 0 Å². The molecule has 0 atom stereocenters. The van der Waals surface area contributed by atoms with Gasteiger partial charge in [-0.1, -0.05) is 0 Å². The van der Waals surface area contributed by atoms with Crippen molar-refractivity contribution in [2.75, 3.05) is 11.9 Å². The molecule has 230 valence electrons. The number of esters is 1. The summed E-state index contributed by atoms with van der Waals surface area (Å²) in [5.41, 5.74) is 6.30. The van der Waals surface area contributed by atoms with Gasteiger partial charge in [-0.3, -0.25) is 14.1 Å². The molecule has 0 aromatic carbocycles. The lowest BCUT2D eigenvalue weighted by molar-refractivity contribution is -0.0638. The van der Waals surface area contributed by atoms with Crippen molar-refractivity contribution < 1.29 is 9.53 Å². The predicted octanol–water partition coefficient (Wildman–Crippen LogP) is 6.20. The Morgan fingerprint density at radius 2 is 1.78 bits per heavy atom. The van der Waals surface area contributed by atoms with E-state index in [2.05, 4.69) is 37.1 Å². The van der Waals surface area contributed by atoms with Crippen LogP contribution in [0.4, 0.5) is 11.6 Å². The summed E-state index contributed by atoms with van der Waals surface area (Å²) < 4.78 is 9.64. The third kappa shape index (κ3) is 4.85. The first-order chi connectivity index (χ1) is 21.9. The van der Waals surface area contributed by atoms with Crippen LogP contribution in [0.15, 0.2) is 49.3 Å². The Labute approximate surface area is 261 Å². The molecule has 4 saturated carbocycles. The molecule has 0 unspecified atom stereocenters. The number of aryl methyl sites for hydroxylation is 1. The minimum atomic E-state index is -0.408.